The number of carbonyl (C=O) groups is 4. The number of aliphatic carboxylic acids is 1. The van der Waals surface area contributed by atoms with Gasteiger partial charge in [0.25, 0.3) is 28.8 Å². The van der Waals surface area contributed by atoms with Gasteiger partial charge in [0.1, 0.15) is 44.8 Å². The zero-order valence-corrected chi connectivity index (χ0v) is 39.1. The van der Waals surface area contributed by atoms with Crippen molar-refractivity contribution in [3.8, 4) is 23.0 Å². The molecule has 68 heavy (non-hydrogen) atoms. The minimum absolute atomic E-state index is 0. The number of nitrogens with zero attached hydrogens (tertiary/aromatic N) is 4. The average Bonchev–Trinajstić information content (AvgIpc) is 3.29. The lowest BCUT2D eigenvalue weighted by Crippen LogP contribution is -2.55. The van der Waals surface area contributed by atoms with E-state index in [1.807, 2.05) is 0 Å². The van der Waals surface area contributed by atoms with Gasteiger partial charge in [0.15, 0.2) is 23.0 Å². The molecule has 0 fully saturated rings. The molecule has 0 radical (unpaired) electrons. The molecule has 0 aliphatic carbocycles. The van der Waals surface area contributed by atoms with Crippen LogP contribution in [0, 0.1) is 11.6 Å². The topological polar surface area (TPSA) is 263 Å². The number of halogens is 2. The van der Waals surface area contributed by atoms with E-state index in [-0.39, 0.29) is 98.9 Å². The number of aromatic nitrogens is 4. The van der Waals surface area contributed by atoms with Crippen molar-refractivity contribution < 1.29 is 57.5 Å². The lowest BCUT2D eigenvalue weighted by molar-refractivity contribution is -0.155. The summed E-state index contributed by atoms with van der Waals surface area (Å²) >= 11 is 0. The molecular weight excluding hydrogens is 933 g/mol. The number of rotatable bonds is 11. The van der Waals surface area contributed by atoms with E-state index in [1.54, 1.807) is 24.3 Å². The molecule has 2 aliphatic heterocycles. The molecule has 6 heterocycles. The van der Waals surface area contributed by atoms with Crippen LogP contribution in [0.15, 0.2) is 70.5 Å². The molecular formula is C45H47F2N7O12S2. The summed E-state index contributed by atoms with van der Waals surface area (Å²) in [5.74, 6) is -5.16. The van der Waals surface area contributed by atoms with Crippen molar-refractivity contribution in [2.24, 2.45) is 0 Å². The Labute approximate surface area is 399 Å². The van der Waals surface area contributed by atoms with Crippen LogP contribution in [0.1, 0.15) is 56.8 Å². The van der Waals surface area contributed by atoms with Gasteiger partial charge in [-0.25, -0.2) is 13.6 Å². The van der Waals surface area contributed by atoms with Gasteiger partial charge in [-0.2, -0.15) is 27.0 Å². The molecule has 8 rings (SSSR count). The second-order valence-corrected chi connectivity index (χ2v) is 15.8. The van der Waals surface area contributed by atoms with Gasteiger partial charge in [-0.05, 0) is 49.2 Å². The molecule has 23 heteroatoms. The van der Waals surface area contributed by atoms with Crippen molar-refractivity contribution in [2.45, 2.75) is 51.0 Å². The number of hydrogen-bond acceptors (Lipinski definition) is 13. The number of carboxylic acids is 1. The Morgan fingerprint density at radius 1 is 0.721 bits per heavy atom. The van der Waals surface area contributed by atoms with Crippen molar-refractivity contribution in [2.75, 3.05) is 34.4 Å². The van der Waals surface area contributed by atoms with Gasteiger partial charge < -0.3 is 45.5 Å². The smallest absolute Gasteiger partial charge is 0.349 e. The molecule has 2 aromatic carbocycles. The lowest BCUT2D eigenvalue weighted by atomic mass is 9.98. The van der Waals surface area contributed by atoms with Gasteiger partial charge in [-0.1, -0.05) is 24.3 Å². The Bertz CT molecular complexity index is 3100. The van der Waals surface area contributed by atoms with Gasteiger partial charge in [0, 0.05) is 64.1 Å². The molecule has 0 saturated carbocycles. The number of pyridine rings is 4. The van der Waals surface area contributed by atoms with E-state index >= 15 is 0 Å². The average molecular weight is 980 g/mol. The SMILES string of the molecule is CNC(=O)c1c(O)c2ncc(Cc3ccc(F)cc3)c3c2n(c1=O)C[C@@](C)(C(=O)NCCOC)O3.CNC(=O)c1c(O)c2ncc(Cc3ccc(F)cc3)c3c2n(c1=O)C[C@@](C)(C(=O)O)O3.S.S. The third-order valence-electron chi connectivity index (χ3n) is 11.2. The zero-order valence-electron chi connectivity index (χ0n) is 37.1. The maximum absolute atomic E-state index is 13.4. The number of hydrogen-bond donors (Lipinski definition) is 6. The number of amides is 3. The van der Waals surface area contributed by atoms with Gasteiger partial charge in [0.05, 0.1) is 19.7 Å². The molecule has 2 atom stereocenters. The third kappa shape index (κ3) is 9.49. The van der Waals surface area contributed by atoms with Crippen LogP contribution in [-0.2, 0) is 40.3 Å². The first-order chi connectivity index (χ1) is 31.4. The maximum Gasteiger partial charge on any atom is 0.349 e. The van der Waals surface area contributed by atoms with Crippen molar-refractivity contribution in [1.82, 2.24) is 35.1 Å². The Morgan fingerprint density at radius 2 is 1.12 bits per heavy atom. The summed E-state index contributed by atoms with van der Waals surface area (Å²) in [4.78, 5) is 84.6. The summed E-state index contributed by atoms with van der Waals surface area (Å²) in [6, 6.07) is 11.5. The fourth-order valence-corrected chi connectivity index (χ4v) is 7.69. The predicted molar refractivity (Wildman–Crippen MR) is 252 cm³/mol. The summed E-state index contributed by atoms with van der Waals surface area (Å²) in [7, 11) is 4.14. The first kappa shape index (κ1) is 51.7. The Balaban J connectivity index is 0.000000248. The first-order valence-electron chi connectivity index (χ1n) is 20.2. The van der Waals surface area contributed by atoms with E-state index in [1.165, 1.54) is 76.3 Å². The van der Waals surface area contributed by atoms with Gasteiger partial charge in [-0.3, -0.25) is 43.1 Å². The summed E-state index contributed by atoms with van der Waals surface area (Å²) in [5.41, 5.74) is -3.41. The second kappa shape index (κ2) is 20.3. The molecule has 6 N–H and O–H groups in total. The number of benzene rings is 2. The minimum atomic E-state index is -1.81. The molecule has 2 aliphatic rings. The first-order valence-corrected chi connectivity index (χ1v) is 20.2. The van der Waals surface area contributed by atoms with E-state index in [0.29, 0.717) is 16.7 Å². The normalized spacial score (nSPS) is 16.4. The predicted octanol–water partition coefficient (Wildman–Crippen LogP) is 2.76. The molecule has 0 spiro atoms. The minimum Gasteiger partial charge on any atom is -0.505 e. The highest BCUT2D eigenvalue weighted by atomic mass is 32.1. The Hall–Kier alpha value is -7.24. The largest absolute Gasteiger partial charge is 0.505 e. The van der Waals surface area contributed by atoms with E-state index in [2.05, 4.69) is 25.9 Å². The molecule has 4 aromatic heterocycles. The van der Waals surface area contributed by atoms with E-state index in [4.69, 9.17) is 14.2 Å². The maximum atomic E-state index is 13.4. The molecule has 3 amide bonds. The summed E-state index contributed by atoms with van der Waals surface area (Å²) in [6.07, 6.45) is 3.28. The highest BCUT2D eigenvalue weighted by molar-refractivity contribution is 7.59. The Morgan fingerprint density at radius 3 is 1.50 bits per heavy atom. The van der Waals surface area contributed by atoms with Crippen LogP contribution in [0.4, 0.5) is 8.78 Å². The standard InChI is InChI=1S/C24H25FN4O6.C21H18FN3O6.2H2S/c1-24(23(33)27-8-9-34-3)12-29-18-17(19(30)16(22(29)32)21(31)26-2)28-11-14(20(18)35-24)10-13-4-6-15(25)7-5-13;1-21(20(29)30)9-25-15-14(16(26)13(19(25)28)18(27)23-2)24-8-11(17(15)31-21)7-10-3-5-12(22)6-4-10;;/h4-7,11,30H,8-10,12H2,1-3H3,(H,26,31)(H,27,33);3-6,8,26H,7,9H2,1-2H3,(H,23,27)(H,29,30);2*1H2/t24-;21-;;/m00../s1. The lowest BCUT2D eigenvalue weighted by Gasteiger charge is -2.36. The molecule has 360 valence electrons. The van der Waals surface area contributed by atoms with Crippen LogP contribution < -0.4 is 36.5 Å². The number of methoxy groups -OCH3 is 1. The fraction of sp³-hybridized carbons (Fsp3) is 0.289. The molecule has 0 saturated heterocycles. The molecule has 0 bridgehead atoms. The molecule has 6 aromatic rings. The number of nitrogens with one attached hydrogen (secondary N) is 3. The Kier molecular flexibility index (Phi) is 15.5. The van der Waals surface area contributed by atoms with Crippen LogP contribution in [0.3, 0.4) is 0 Å². The zero-order chi connectivity index (χ0) is 47.8. The highest BCUT2D eigenvalue weighted by Gasteiger charge is 2.45. The van der Waals surface area contributed by atoms with Crippen molar-refractivity contribution in [3.63, 3.8) is 0 Å². The van der Waals surface area contributed by atoms with Crippen LogP contribution >= 0.6 is 27.0 Å². The summed E-state index contributed by atoms with van der Waals surface area (Å²) in [5, 5.41) is 38.5. The van der Waals surface area contributed by atoms with Gasteiger partial charge in [0.2, 0.25) is 11.2 Å². The summed E-state index contributed by atoms with van der Waals surface area (Å²) in [6.45, 7) is 2.73. The molecule has 0 unspecified atom stereocenters. The monoisotopic (exact) mass is 979 g/mol. The number of ether oxygens (including phenoxy) is 3. The van der Waals surface area contributed by atoms with E-state index < -0.39 is 81.0 Å². The highest BCUT2D eigenvalue weighted by Crippen LogP contribution is 2.42. The van der Waals surface area contributed by atoms with E-state index in [0.717, 1.165) is 10.1 Å². The van der Waals surface area contributed by atoms with Gasteiger partial charge in [-0.15, -0.1) is 0 Å². The van der Waals surface area contributed by atoms with Crippen molar-refractivity contribution in [1.29, 1.82) is 0 Å². The van der Waals surface area contributed by atoms with Crippen LogP contribution in [-0.4, -0.2) is 104 Å². The van der Waals surface area contributed by atoms with Crippen LogP contribution in [0.25, 0.3) is 22.1 Å². The van der Waals surface area contributed by atoms with Gasteiger partial charge >= 0.3 is 5.97 Å². The van der Waals surface area contributed by atoms with Crippen LogP contribution in [0.2, 0.25) is 0 Å². The number of carbonyl (C=O) groups excluding carboxylic acids is 3. The number of carboxylic acid groups (broad SMARTS) is 1. The fourth-order valence-electron chi connectivity index (χ4n) is 7.69. The summed E-state index contributed by atoms with van der Waals surface area (Å²) < 4.78 is 46.0. The number of aromatic hydroxyl groups is 2. The van der Waals surface area contributed by atoms with Crippen LogP contribution in [0.5, 0.6) is 23.0 Å². The second-order valence-electron chi connectivity index (χ2n) is 15.8. The van der Waals surface area contributed by atoms with E-state index in [9.17, 15) is 52.9 Å². The van der Waals surface area contributed by atoms with Crippen molar-refractivity contribution in [3.05, 3.63) is 127 Å². The molecule has 19 nitrogen and oxygen atoms in total. The van der Waals surface area contributed by atoms with Crippen molar-refractivity contribution >= 4 is 72.7 Å². The third-order valence-corrected chi connectivity index (χ3v) is 11.2. The quantitative estimate of drug-likeness (QED) is 0.102.